The van der Waals surface area contributed by atoms with Gasteiger partial charge in [0.15, 0.2) is 0 Å². The normalized spacial score (nSPS) is 19.6. The summed E-state index contributed by atoms with van der Waals surface area (Å²) in [7, 11) is 1.51. The van der Waals surface area contributed by atoms with Gasteiger partial charge in [-0.1, -0.05) is 0 Å². The van der Waals surface area contributed by atoms with E-state index in [2.05, 4.69) is 0 Å². The van der Waals surface area contributed by atoms with E-state index in [4.69, 9.17) is 9.15 Å². The molecule has 1 fully saturated rings. The van der Waals surface area contributed by atoms with E-state index in [0.29, 0.717) is 41.8 Å². The molecule has 2 aromatic rings. The standard InChI is InChI=1S/C17H18F3NO3/c1-23-13-4-5-14-11(7-16(22)24-15(14)8-13)9-21-6-2-3-12(10-21)17(18,19)20/h4-5,7-8,12H,2-3,6,9-10H2,1H3. The largest absolute Gasteiger partial charge is 0.497 e. The van der Waals surface area contributed by atoms with Gasteiger partial charge in [0.25, 0.3) is 0 Å². The van der Waals surface area contributed by atoms with Crippen molar-refractivity contribution in [3.63, 3.8) is 0 Å². The van der Waals surface area contributed by atoms with Gasteiger partial charge in [0.05, 0.1) is 13.0 Å². The van der Waals surface area contributed by atoms with Crippen molar-refractivity contribution in [3.8, 4) is 5.75 Å². The number of rotatable bonds is 3. The fraction of sp³-hybridized carbons (Fsp3) is 0.471. The van der Waals surface area contributed by atoms with Crippen LogP contribution in [0.15, 0.2) is 33.5 Å². The van der Waals surface area contributed by atoms with Crippen LogP contribution in [-0.2, 0) is 6.54 Å². The molecule has 0 aliphatic carbocycles. The molecule has 1 unspecified atom stereocenters. The molecular formula is C17H18F3NO3. The van der Waals surface area contributed by atoms with Crippen LogP contribution in [0.5, 0.6) is 5.75 Å². The van der Waals surface area contributed by atoms with Gasteiger partial charge in [-0.15, -0.1) is 0 Å². The molecule has 0 saturated carbocycles. The number of hydrogen-bond donors (Lipinski definition) is 0. The first kappa shape index (κ1) is 16.8. The number of likely N-dealkylation sites (tertiary alicyclic amines) is 1. The quantitative estimate of drug-likeness (QED) is 0.801. The minimum Gasteiger partial charge on any atom is -0.497 e. The second-order valence-electron chi connectivity index (χ2n) is 6.07. The Labute approximate surface area is 136 Å². The molecule has 130 valence electrons. The van der Waals surface area contributed by atoms with Crippen LogP contribution in [0, 0.1) is 5.92 Å². The second kappa shape index (κ2) is 6.47. The van der Waals surface area contributed by atoms with Crippen molar-refractivity contribution in [2.24, 2.45) is 5.92 Å². The summed E-state index contributed by atoms with van der Waals surface area (Å²) in [5.74, 6) is -0.754. The third kappa shape index (κ3) is 3.56. The Bertz CT molecular complexity index is 785. The molecule has 3 rings (SSSR count). The molecule has 1 aromatic heterocycles. The fourth-order valence-corrected chi connectivity index (χ4v) is 3.18. The van der Waals surface area contributed by atoms with Crippen molar-refractivity contribution in [2.75, 3.05) is 20.2 Å². The summed E-state index contributed by atoms with van der Waals surface area (Å²) < 4.78 is 49.1. The highest BCUT2D eigenvalue weighted by Gasteiger charge is 2.41. The zero-order valence-corrected chi connectivity index (χ0v) is 13.2. The number of alkyl halides is 3. The first-order valence-corrected chi connectivity index (χ1v) is 7.76. The molecule has 0 spiro atoms. The summed E-state index contributed by atoms with van der Waals surface area (Å²) in [4.78, 5) is 13.5. The summed E-state index contributed by atoms with van der Waals surface area (Å²) in [5, 5.41) is 0.713. The SMILES string of the molecule is COc1ccc2c(CN3CCCC(C(F)(F)F)C3)cc(=O)oc2c1. The maximum Gasteiger partial charge on any atom is 0.393 e. The Hall–Kier alpha value is -2.02. The molecule has 7 heteroatoms. The number of nitrogens with zero attached hydrogens (tertiary/aromatic N) is 1. The van der Waals surface area contributed by atoms with Gasteiger partial charge in [-0.25, -0.2) is 4.79 Å². The Morgan fingerprint density at radius 3 is 2.83 bits per heavy atom. The number of methoxy groups -OCH3 is 1. The maximum atomic E-state index is 12.9. The molecule has 1 aromatic carbocycles. The van der Waals surface area contributed by atoms with E-state index in [1.165, 1.54) is 13.2 Å². The first-order valence-electron chi connectivity index (χ1n) is 7.76. The third-order valence-electron chi connectivity index (χ3n) is 4.40. The van der Waals surface area contributed by atoms with E-state index in [1.54, 1.807) is 23.1 Å². The molecule has 0 bridgehead atoms. The predicted octanol–water partition coefficient (Wildman–Crippen LogP) is 3.58. The zero-order chi connectivity index (χ0) is 17.3. The summed E-state index contributed by atoms with van der Waals surface area (Å²) >= 11 is 0. The van der Waals surface area contributed by atoms with Gasteiger partial charge >= 0.3 is 11.8 Å². The van der Waals surface area contributed by atoms with Gasteiger partial charge in [0.1, 0.15) is 11.3 Å². The van der Waals surface area contributed by atoms with Gasteiger partial charge in [-0.3, -0.25) is 4.90 Å². The summed E-state index contributed by atoms with van der Waals surface area (Å²) in [5.41, 5.74) is 0.531. The molecule has 0 amide bonds. The molecule has 0 N–H and O–H groups in total. The molecule has 1 atom stereocenters. The molecule has 1 aliphatic rings. The zero-order valence-electron chi connectivity index (χ0n) is 13.2. The van der Waals surface area contributed by atoms with E-state index in [9.17, 15) is 18.0 Å². The van der Waals surface area contributed by atoms with Crippen molar-refractivity contribution in [3.05, 3.63) is 40.2 Å². The minimum absolute atomic E-state index is 0.0403. The predicted molar refractivity (Wildman–Crippen MR) is 83.1 cm³/mol. The smallest absolute Gasteiger partial charge is 0.393 e. The molecular weight excluding hydrogens is 323 g/mol. The summed E-state index contributed by atoms with van der Waals surface area (Å²) in [6.07, 6.45) is -3.52. The van der Waals surface area contributed by atoms with Crippen LogP contribution in [0.1, 0.15) is 18.4 Å². The van der Waals surface area contributed by atoms with Gasteiger partial charge in [0.2, 0.25) is 0 Å². The van der Waals surface area contributed by atoms with Gasteiger partial charge in [-0.2, -0.15) is 13.2 Å². The molecule has 2 heterocycles. The number of hydrogen-bond acceptors (Lipinski definition) is 4. The van der Waals surface area contributed by atoms with Crippen LogP contribution in [0.2, 0.25) is 0 Å². The topological polar surface area (TPSA) is 42.7 Å². The van der Waals surface area contributed by atoms with Crippen LogP contribution in [-0.4, -0.2) is 31.3 Å². The van der Waals surface area contributed by atoms with E-state index >= 15 is 0 Å². The van der Waals surface area contributed by atoms with Crippen LogP contribution in [0.25, 0.3) is 11.0 Å². The number of piperidine rings is 1. The van der Waals surface area contributed by atoms with Crippen molar-refractivity contribution in [2.45, 2.75) is 25.6 Å². The molecule has 0 radical (unpaired) electrons. The summed E-state index contributed by atoms with van der Waals surface area (Å²) in [6, 6.07) is 6.46. The van der Waals surface area contributed by atoms with Crippen LogP contribution in [0.4, 0.5) is 13.2 Å². The van der Waals surface area contributed by atoms with Crippen molar-refractivity contribution >= 4 is 11.0 Å². The van der Waals surface area contributed by atoms with E-state index in [0.717, 1.165) is 0 Å². The lowest BCUT2D eigenvalue weighted by Crippen LogP contribution is -2.41. The molecule has 1 aliphatic heterocycles. The lowest BCUT2D eigenvalue weighted by Gasteiger charge is -2.33. The van der Waals surface area contributed by atoms with Crippen LogP contribution >= 0.6 is 0 Å². The average molecular weight is 341 g/mol. The molecule has 4 nitrogen and oxygen atoms in total. The van der Waals surface area contributed by atoms with Crippen LogP contribution < -0.4 is 10.4 Å². The summed E-state index contributed by atoms with van der Waals surface area (Å²) in [6.45, 7) is 0.840. The highest BCUT2D eigenvalue weighted by molar-refractivity contribution is 5.81. The highest BCUT2D eigenvalue weighted by Crippen LogP contribution is 2.34. The minimum atomic E-state index is -4.18. The average Bonchev–Trinajstić information content (AvgIpc) is 2.53. The Balaban J connectivity index is 1.88. The Morgan fingerprint density at radius 2 is 2.12 bits per heavy atom. The Kier molecular flexibility index (Phi) is 4.54. The monoisotopic (exact) mass is 341 g/mol. The van der Waals surface area contributed by atoms with Gasteiger partial charge in [-0.05, 0) is 37.1 Å². The third-order valence-corrected chi connectivity index (χ3v) is 4.40. The lowest BCUT2D eigenvalue weighted by molar-refractivity contribution is -0.187. The van der Waals surface area contributed by atoms with Gasteiger partial charge in [0, 0.05) is 30.6 Å². The van der Waals surface area contributed by atoms with Crippen molar-refractivity contribution in [1.82, 2.24) is 4.90 Å². The number of ether oxygens (including phenoxy) is 1. The number of halogens is 3. The van der Waals surface area contributed by atoms with E-state index < -0.39 is 17.7 Å². The van der Waals surface area contributed by atoms with E-state index in [1.807, 2.05) is 0 Å². The highest BCUT2D eigenvalue weighted by atomic mass is 19.4. The molecule has 24 heavy (non-hydrogen) atoms. The van der Waals surface area contributed by atoms with Crippen molar-refractivity contribution in [1.29, 1.82) is 0 Å². The number of benzene rings is 1. The van der Waals surface area contributed by atoms with E-state index in [-0.39, 0.29) is 13.0 Å². The first-order chi connectivity index (χ1) is 11.4. The van der Waals surface area contributed by atoms with Crippen molar-refractivity contribution < 1.29 is 22.3 Å². The fourth-order valence-electron chi connectivity index (χ4n) is 3.18. The number of fused-ring (bicyclic) bond motifs is 1. The molecule has 1 saturated heterocycles. The second-order valence-corrected chi connectivity index (χ2v) is 6.07. The van der Waals surface area contributed by atoms with Gasteiger partial charge < -0.3 is 9.15 Å². The van der Waals surface area contributed by atoms with Crippen LogP contribution in [0.3, 0.4) is 0 Å². The lowest BCUT2D eigenvalue weighted by atomic mass is 9.97. The maximum absolute atomic E-state index is 12.9. The Morgan fingerprint density at radius 1 is 1.33 bits per heavy atom.